The van der Waals surface area contributed by atoms with Gasteiger partial charge in [-0.2, -0.15) is 0 Å². The normalized spacial score (nSPS) is 12.0. The number of nitrogens with zero attached hydrogens (tertiary/aromatic N) is 2. The van der Waals surface area contributed by atoms with Crippen molar-refractivity contribution >= 4 is 28.3 Å². The van der Waals surface area contributed by atoms with Crippen LogP contribution in [-0.2, 0) is 4.79 Å². The van der Waals surface area contributed by atoms with Gasteiger partial charge in [0.2, 0.25) is 11.0 Å². The van der Waals surface area contributed by atoms with Crippen LogP contribution in [0, 0.1) is 11.7 Å². The van der Waals surface area contributed by atoms with E-state index in [1.807, 2.05) is 0 Å². The van der Waals surface area contributed by atoms with Crippen molar-refractivity contribution in [3.63, 3.8) is 0 Å². The average molecular weight is 322 g/mol. The molecule has 22 heavy (non-hydrogen) atoms. The molecule has 0 spiro atoms. The Morgan fingerprint density at radius 1 is 1.27 bits per heavy atom. The lowest BCUT2D eigenvalue weighted by Gasteiger charge is -2.21. The minimum atomic E-state index is -0.809. The molecule has 0 unspecified atom stereocenters. The predicted octanol–water partition coefficient (Wildman–Crippen LogP) is 2.07. The van der Waals surface area contributed by atoms with Crippen molar-refractivity contribution in [2.45, 2.75) is 19.9 Å². The van der Waals surface area contributed by atoms with E-state index < -0.39 is 23.7 Å². The maximum absolute atomic E-state index is 13.6. The second-order valence-electron chi connectivity index (χ2n) is 4.91. The van der Waals surface area contributed by atoms with E-state index >= 15 is 0 Å². The van der Waals surface area contributed by atoms with Gasteiger partial charge < -0.3 is 5.32 Å². The van der Waals surface area contributed by atoms with Gasteiger partial charge in [-0.15, -0.1) is 10.2 Å². The van der Waals surface area contributed by atoms with Crippen LogP contribution >= 0.6 is 11.3 Å². The highest BCUT2D eigenvalue weighted by molar-refractivity contribution is 7.13. The molecule has 0 saturated carbocycles. The van der Waals surface area contributed by atoms with Gasteiger partial charge in [-0.3, -0.25) is 14.9 Å². The summed E-state index contributed by atoms with van der Waals surface area (Å²) in [5.41, 5.74) is 1.38. The fraction of sp³-hybridized carbons (Fsp3) is 0.286. The number of halogens is 1. The van der Waals surface area contributed by atoms with Crippen LogP contribution in [0.2, 0.25) is 0 Å². The first-order chi connectivity index (χ1) is 10.5. The van der Waals surface area contributed by atoms with Crippen molar-refractivity contribution in [3.05, 3.63) is 41.2 Å². The summed E-state index contributed by atoms with van der Waals surface area (Å²) < 4.78 is 13.6. The molecule has 6 nitrogen and oxygen atoms in total. The molecule has 2 amide bonds. The number of hydrogen-bond donors (Lipinski definition) is 2. The van der Waals surface area contributed by atoms with Crippen LogP contribution in [-0.4, -0.2) is 28.1 Å². The minimum Gasteiger partial charge on any atom is -0.340 e. The first-order valence-corrected chi connectivity index (χ1v) is 7.49. The number of hydrogen-bond acceptors (Lipinski definition) is 5. The van der Waals surface area contributed by atoms with E-state index in [4.69, 9.17) is 0 Å². The summed E-state index contributed by atoms with van der Waals surface area (Å²) in [5.74, 6) is -1.86. The van der Waals surface area contributed by atoms with Crippen LogP contribution in [0.3, 0.4) is 0 Å². The number of carbonyl (C=O) groups is 2. The summed E-state index contributed by atoms with van der Waals surface area (Å²) in [6.45, 7) is 3.57. The molecule has 0 aliphatic rings. The van der Waals surface area contributed by atoms with Gasteiger partial charge >= 0.3 is 0 Å². The number of aromatic nitrogens is 2. The van der Waals surface area contributed by atoms with Crippen LogP contribution in [0.15, 0.2) is 29.8 Å². The molecule has 1 aromatic heterocycles. The van der Waals surface area contributed by atoms with Crippen molar-refractivity contribution in [3.8, 4) is 0 Å². The molecule has 8 heteroatoms. The molecule has 0 saturated heterocycles. The van der Waals surface area contributed by atoms with Gasteiger partial charge in [-0.1, -0.05) is 37.3 Å². The van der Waals surface area contributed by atoms with Gasteiger partial charge in [0, 0.05) is 0 Å². The number of benzene rings is 1. The largest absolute Gasteiger partial charge is 0.340 e. The molecule has 0 bridgehead atoms. The predicted molar refractivity (Wildman–Crippen MR) is 81.0 cm³/mol. The molecular formula is C14H15FN4O2S. The van der Waals surface area contributed by atoms with E-state index in [0.717, 1.165) is 0 Å². The van der Waals surface area contributed by atoms with Crippen molar-refractivity contribution in [1.29, 1.82) is 0 Å². The van der Waals surface area contributed by atoms with Crippen LogP contribution < -0.4 is 10.6 Å². The molecule has 2 rings (SSSR count). The van der Waals surface area contributed by atoms with Gasteiger partial charge in [-0.25, -0.2) is 4.39 Å². The fourth-order valence-corrected chi connectivity index (χ4v) is 2.26. The van der Waals surface area contributed by atoms with Crippen molar-refractivity contribution in [2.24, 2.45) is 5.92 Å². The zero-order valence-corrected chi connectivity index (χ0v) is 12.9. The molecule has 1 heterocycles. The summed E-state index contributed by atoms with van der Waals surface area (Å²) in [4.78, 5) is 24.4. The van der Waals surface area contributed by atoms with Crippen LogP contribution in [0.1, 0.15) is 24.2 Å². The molecule has 0 aliphatic heterocycles. The maximum Gasteiger partial charge on any atom is 0.254 e. The monoisotopic (exact) mass is 322 g/mol. The van der Waals surface area contributed by atoms with E-state index in [-0.39, 0.29) is 11.5 Å². The molecule has 2 aromatic rings. The van der Waals surface area contributed by atoms with Crippen molar-refractivity contribution < 1.29 is 14.0 Å². The number of anilines is 1. The first kappa shape index (κ1) is 16.0. The van der Waals surface area contributed by atoms with E-state index in [9.17, 15) is 14.0 Å². The first-order valence-electron chi connectivity index (χ1n) is 6.61. The quantitative estimate of drug-likeness (QED) is 0.882. The maximum atomic E-state index is 13.6. The van der Waals surface area contributed by atoms with Crippen molar-refractivity contribution in [1.82, 2.24) is 15.5 Å². The minimum absolute atomic E-state index is 0.100. The average Bonchev–Trinajstić information content (AvgIpc) is 2.97. The lowest BCUT2D eigenvalue weighted by molar-refractivity contribution is -0.118. The Bertz CT molecular complexity index is 661. The molecule has 1 aromatic carbocycles. The SMILES string of the molecule is CC(C)[C@H](NC(=O)c1ccccc1F)C(=O)Nc1nncs1. The molecule has 0 fully saturated rings. The molecule has 1 atom stereocenters. The Hall–Kier alpha value is -2.35. The lowest BCUT2D eigenvalue weighted by atomic mass is 10.0. The molecule has 2 N–H and O–H groups in total. The summed E-state index contributed by atoms with van der Waals surface area (Å²) in [6.07, 6.45) is 0. The van der Waals surface area contributed by atoms with Gasteiger partial charge in [0.05, 0.1) is 5.56 Å². The Labute approximate surface area is 130 Å². The number of rotatable bonds is 5. The molecule has 116 valence electrons. The molecule has 0 radical (unpaired) electrons. The van der Waals surface area contributed by atoms with E-state index in [2.05, 4.69) is 20.8 Å². The zero-order valence-electron chi connectivity index (χ0n) is 12.0. The second kappa shape index (κ2) is 7.08. The number of nitrogens with one attached hydrogen (secondary N) is 2. The summed E-state index contributed by atoms with van der Waals surface area (Å²) >= 11 is 1.17. The lowest BCUT2D eigenvalue weighted by Crippen LogP contribution is -2.47. The van der Waals surface area contributed by atoms with Crippen molar-refractivity contribution in [2.75, 3.05) is 5.32 Å². The van der Waals surface area contributed by atoms with E-state index in [1.165, 1.54) is 35.0 Å². The summed E-state index contributed by atoms with van der Waals surface area (Å²) in [7, 11) is 0. The standard InChI is InChI=1S/C14H15FN4O2S/c1-8(2)11(13(21)18-14-19-16-7-22-14)17-12(20)9-5-3-4-6-10(9)15/h3-8,11H,1-2H3,(H,17,20)(H,18,19,21)/t11-/m0/s1. The molecular weight excluding hydrogens is 307 g/mol. The Kier molecular flexibility index (Phi) is 5.16. The van der Waals surface area contributed by atoms with Gasteiger partial charge in [0.15, 0.2) is 0 Å². The van der Waals surface area contributed by atoms with E-state index in [0.29, 0.717) is 5.13 Å². The van der Waals surface area contributed by atoms with Crippen LogP contribution in [0.25, 0.3) is 0 Å². The number of amides is 2. The van der Waals surface area contributed by atoms with Gasteiger partial charge in [-0.05, 0) is 18.1 Å². The van der Waals surface area contributed by atoms with E-state index in [1.54, 1.807) is 19.9 Å². The van der Waals surface area contributed by atoms with Gasteiger partial charge in [0.1, 0.15) is 17.4 Å². The third-order valence-corrected chi connectivity index (χ3v) is 3.55. The Balaban J connectivity index is 2.10. The fourth-order valence-electron chi connectivity index (χ4n) is 1.81. The summed E-state index contributed by atoms with van der Waals surface area (Å²) in [6, 6.07) is 4.81. The van der Waals surface area contributed by atoms with Crippen LogP contribution in [0.4, 0.5) is 9.52 Å². The highest BCUT2D eigenvalue weighted by Crippen LogP contribution is 2.12. The highest BCUT2D eigenvalue weighted by atomic mass is 32.1. The third kappa shape index (κ3) is 3.85. The second-order valence-corrected chi connectivity index (χ2v) is 5.74. The summed E-state index contributed by atoms with van der Waals surface area (Å²) in [5, 5.41) is 12.8. The smallest absolute Gasteiger partial charge is 0.254 e. The van der Waals surface area contributed by atoms with Gasteiger partial charge in [0.25, 0.3) is 5.91 Å². The highest BCUT2D eigenvalue weighted by Gasteiger charge is 2.26. The Morgan fingerprint density at radius 2 is 2.00 bits per heavy atom. The number of carbonyl (C=O) groups excluding carboxylic acids is 2. The third-order valence-electron chi connectivity index (χ3n) is 2.94. The van der Waals surface area contributed by atoms with Crippen LogP contribution in [0.5, 0.6) is 0 Å². The zero-order chi connectivity index (χ0) is 16.1. The Morgan fingerprint density at radius 3 is 2.59 bits per heavy atom. The molecule has 0 aliphatic carbocycles. The topological polar surface area (TPSA) is 84.0 Å².